The highest BCUT2D eigenvalue weighted by Gasteiger charge is 2.14. The van der Waals surface area contributed by atoms with Crippen LogP contribution >= 0.6 is 0 Å². The second-order valence-electron chi connectivity index (χ2n) is 3.19. The number of rotatable bonds is 3. The third-order valence-electron chi connectivity index (χ3n) is 2.04. The van der Waals surface area contributed by atoms with E-state index in [-0.39, 0.29) is 12.1 Å². The van der Waals surface area contributed by atoms with Crippen molar-refractivity contribution >= 4 is 6.03 Å². The van der Waals surface area contributed by atoms with E-state index in [0.29, 0.717) is 6.54 Å². The Labute approximate surface area is 78.8 Å². The van der Waals surface area contributed by atoms with Gasteiger partial charge in [0.15, 0.2) is 0 Å². The number of hydrogen-bond donors (Lipinski definition) is 3. The first-order chi connectivity index (χ1) is 6.33. The molecule has 1 saturated heterocycles. The number of piperidine rings is 1. The molecule has 1 rings (SSSR count). The molecule has 2 amide bonds. The maximum atomic E-state index is 11.2. The van der Waals surface area contributed by atoms with E-state index >= 15 is 0 Å². The molecular formula is C9H17N3O. The molecule has 0 saturated carbocycles. The molecule has 13 heavy (non-hydrogen) atoms. The van der Waals surface area contributed by atoms with Crippen molar-refractivity contribution in [2.24, 2.45) is 0 Å². The van der Waals surface area contributed by atoms with Gasteiger partial charge >= 0.3 is 6.03 Å². The zero-order valence-corrected chi connectivity index (χ0v) is 7.81. The van der Waals surface area contributed by atoms with Gasteiger partial charge in [-0.2, -0.15) is 0 Å². The first-order valence-corrected chi connectivity index (χ1v) is 4.69. The van der Waals surface area contributed by atoms with Gasteiger partial charge in [0.2, 0.25) is 0 Å². The Bertz CT molecular complexity index is 176. The third kappa shape index (κ3) is 3.94. The van der Waals surface area contributed by atoms with Crippen molar-refractivity contribution in [2.45, 2.75) is 18.9 Å². The minimum atomic E-state index is -0.103. The van der Waals surface area contributed by atoms with Crippen molar-refractivity contribution in [3.8, 4) is 0 Å². The number of carbonyl (C=O) groups is 1. The van der Waals surface area contributed by atoms with Crippen molar-refractivity contribution in [3.63, 3.8) is 0 Å². The fourth-order valence-electron chi connectivity index (χ4n) is 1.38. The lowest BCUT2D eigenvalue weighted by molar-refractivity contribution is 0.235. The normalized spacial score (nSPS) is 22.0. The summed E-state index contributed by atoms with van der Waals surface area (Å²) in [6.45, 7) is 5.98. The van der Waals surface area contributed by atoms with Gasteiger partial charge in [0.1, 0.15) is 0 Å². The van der Waals surface area contributed by atoms with Gasteiger partial charge in [-0.1, -0.05) is 6.08 Å². The van der Waals surface area contributed by atoms with Crippen LogP contribution in [0, 0.1) is 0 Å². The molecule has 1 heterocycles. The van der Waals surface area contributed by atoms with Gasteiger partial charge in [-0.25, -0.2) is 4.79 Å². The van der Waals surface area contributed by atoms with Crippen LogP contribution in [0.25, 0.3) is 0 Å². The van der Waals surface area contributed by atoms with Crippen molar-refractivity contribution in [2.75, 3.05) is 19.6 Å². The number of carbonyl (C=O) groups excluding carboxylic acids is 1. The zero-order chi connectivity index (χ0) is 9.52. The molecule has 3 N–H and O–H groups in total. The second kappa shape index (κ2) is 5.59. The minimum Gasteiger partial charge on any atom is -0.335 e. The molecule has 0 aromatic heterocycles. The molecule has 1 atom stereocenters. The Balaban J connectivity index is 2.14. The van der Waals surface area contributed by atoms with Gasteiger partial charge in [0.05, 0.1) is 0 Å². The Morgan fingerprint density at radius 1 is 1.69 bits per heavy atom. The van der Waals surface area contributed by atoms with Crippen LogP contribution in [-0.4, -0.2) is 31.7 Å². The van der Waals surface area contributed by atoms with Crippen molar-refractivity contribution in [3.05, 3.63) is 12.7 Å². The van der Waals surface area contributed by atoms with Crippen molar-refractivity contribution in [1.82, 2.24) is 16.0 Å². The van der Waals surface area contributed by atoms with Crippen LogP contribution in [0.4, 0.5) is 4.79 Å². The molecule has 0 aliphatic carbocycles. The highest BCUT2D eigenvalue weighted by molar-refractivity contribution is 5.74. The van der Waals surface area contributed by atoms with Crippen LogP contribution in [0.15, 0.2) is 12.7 Å². The van der Waals surface area contributed by atoms with Gasteiger partial charge in [-0.15, -0.1) is 6.58 Å². The first kappa shape index (κ1) is 10.1. The summed E-state index contributed by atoms with van der Waals surface area (Å²) in [5.41, 5.74) is 0. The van der Waals surface area contributed by atoms with Gasteiger partial charge < -0.3 is 16.0 Å². The summed E-state index contributed by atoms with van der Waals surface area (Å²) in [5, 5.41) is 8.81. The van der Waals surface area contributed by atoms with E-state index in [1.807, 2.05) is 0 Å². The maximum absolute atomic E-state index is 11.2. The maximum Gasteiger partial charge on any atom is 0.315 e. The lowest BCUT2D eigenvalue weighted by atomic mass is 10.1. The van der Waals surface area contributed by atoms with Crippen LogP contribution in [0.2, 0.25) is 0 Å². The van der Waals surface area contributed by atoms with E-state index in [1.54, 1.807) is 6.08 Å². The Kier molecular flexibility index (Phi) is 4.32. The van der Waals surface area contributed by atoms with E-state index in [1.165, 1.54) is 0 Å². The van der Waals surface area contributed by atoms with Gasteiger partial charge in [0.25, 0.3) is 0 Å². The minimum absolute atomic E-state index is 0.103. The summed E-state index contributed by atoms with van der Waals surface area (Å²) in [6.07, 6.45) is 3.86. The molecule has 1 aliphatic heterocycles. The predicted octanol–water partition coefficient (Wildman–Crippen LogP) is 0.224. The summed E-state index contributed by atoms with van der Waals surface area (Å²) >= 11 is 0. The molecule has 4 heteroatoms. The fourth-order valence-corrected chi connectivity index (χ4v) is 1.38. The molecule has 0 radical (unpaired) electrons. The van der Waals surface area contributed by atoms with Crippen LogP contribution in [0.3, 0.4) is 0 Å². The molecule has 0 aromatic rings. The van der Waals surface area contributed by atoms with E-state index in [9.17, 15) is 4.79 Å². The summed E-state index contributed by atoms with van der Waals surface area (Å²) in [7, 11) is 0. The molecule has 0 unspecified atom stereocenters. The zero-order valence-electron chi connectivity index (χ0n) is 7.81. The quantitative estimate of drug-likeness (QED) is 0.548. The van der Waals surface area contributed by atoms with Crippen LogP contribution < -0.4 is 16.0 Å². The predicted molar refractivity (Wildman–Crippen MR) is 52.6 cm³/mol. The monoisotopic (exact) mass is 183 g/mol. The third-order valence-corrected chi connectivity index (χ3v) is 2.04. The highest BCUT2D eigenvalue weighted by atomic mass is 16.2. The molecule has 74 valence electrons. The molecule has 0 bridgehead atoms. The molecule has 1 aliphatic rings. The molecule has 1 fully saturated rings. The summed E-state index contributed by atoms with van der Waals surface area (Å²) < 4.78 is 0. The Morgan fingerprint density at radius 3 is 3.15 bits per heavy atom. The van der Waals surface area contributed by atoms with Crippen molar-refractivity contribution in [1.29, 1.82) is 0 Å². The second-order valence-corrected chi connectivity index (χ2v) is 3.19. The Hall–Kier alpha value is -1.03. The average molecular weight is 183 g/mol. The smallest absolute Gasteiger partial charge is 0.315 e. The first-order valence-electron chi connectivity index (χ1n) is 4.69. The van der Waals surface area contributed by atoms with Crippen molar-refractivity contribution < 1.29 is 4.79 Å². The SMILES string of the molecule is C=CCNC(=O)N[C@H]1CCCNC1. The lowest BCUT2D eigenvalue weighted by Crippen LogP contribution is -2.49. The van der Waals surface area contributed by atoms with E-state index in [2.05, 4.69) is 22.5 Å². The van der Waals surface area contributed by atoms with Gasteiger partial charge in [0, 0.05) is 19.1 Å². The van der Waals surface area contributed by atoms with E-state index < -0.39 is 0 Å². The number of nitrogens with one attached hydrogen (secondary N) is 3. The average Bonchev–Trinajstić information content (AvgIpc) is 2.16. The summed E-state index contributed by atoms with van der Waals surface area (Å²) in [6, 6.07) is 0.173. The molecule has 0 spiro atoms. The number of hydrogen-bond acceptors (Lipinski definition) is 2. The molecule has 4 nitrogen and oxygen atoms in total. The van der Waals surface area contributed by atoms with Crippen LogP contribution in [0.5, 0.6) is 0 Å². The van der Waals surface area contributed by atoms with Crippen LogP contribution in [0.1, 0.15) is 12.8 Å². The topological polar surface area (TPSA) is 53.2 Å². The van der Waals surface area contributed by atoms with E-state index in [4.69, 9.17) is 0 Å². The standard InChI is InChI=1S/C9H17N3O/c1-2-5-11-9(13)12-8-4-3-6-10-7-8/h2,8,10H,1,3-7H2,(H2,11,12,13)/t8-/m0/s1. The number of urea groups is 1. The summed E-state index contributed by atoms with van der Waals surface area (Å²) in [4.78, 5) is 11.2. The molecular weight excluding hydrogens is 166 g/mol. The fraction of sp³-hybridized carbons (Fsp3) is 0.667. The largest absolute Gasteiger partial charge is 0.335 e. The van der Waals surface area contributed by atoms with Crippen LogP contribution in [-0.2, 0) is 0 Å². The Morgan fingerprint density at radius 2 is 2.54 bits per heavy atom. The highest BCUT2D eigenvalue weighted by Crippen LogP contribution is 2.00. The summed E-state index contributed by atoms with van der Waals surface area (Å²) in [5.74, 6) is 0. The van der Waals surface area contributed by atoms with Gasteiger partial charge in [-0.3, -0.25) is 0 Å². The number of amides is 2. The lowest BCUT2D eigenvalue weighted by Gasteiger charge is -2.23. The molecule has 0 aromatic carbocycles. The van der Waals surface area contributed by atoms with Gasteiger partial charge in [-0.05, 0) is 19.4 Å². The van der Waals surface area contributed by atoms with E-state index in [0.717, 1.165) is 25.9 Å².